The molecule has 9 heteroatoms. The molecule has 2 amide bonds. The van der Waals surface area contributed by atoms with Crippen molar-refractivity contribution in [1.82, 2.24) is 14.6 Å². The molecule has 2 aliphatic heterocycles. The summed E-state index contributed by atoms with van der Waals surface area (Å²) in [6, 6.07) is 10.9. The molecule has 1 aromatic heterocycles. The van der Waals surface area contributed by atoms with E-state index in [0.29, 0.717) is 17.3 Å². The summed E-state index contributed by atoms with van der Waals surface area (Å²) in [5, 5.41) is 13.3. The molecule has 0 saturated carbocycles. The number of nitrogens with one attached hydrogen (secondary N) is 1. The van der Waals surface area contributed by atoms with Crippen LogP contribution in [0.15, 0.2) is 47.6 Å². The first-order chi connectivity index (χ1) is 14.2. The molecule has 0 radical (unpaired) electrons. The van der Waals surface area contributed by atoms with Crippen molar-refractivity contribution in [3.05, 3.63) is 53.0 Å². The summed E-state index contributed by atoms with van der Waals surface area (Å²) in [7, 11) is 0. The van der Waals surface area contributed by atoms with E-state index in [1.165, 1.54) is 28.2 Å². The van der Waals surface area contributed by atoms with Gasteiger partial charge >= 0.3 is 6.09 Å². The van der Waals surface area contributed by atoms with E-state index < -0.39 is 11.6 Å². The van der Waals surface area contributed by atoms with Gasteiger partial charge in [-0.05, 0) is 35.1 Å². The number of aromatic nitrogens is 1. The summed E-state index contributed by atoms with van der Waals surface area (Å²) in [4.78, 5) is 32.0. The second-order valence-corrected chi connectivity index (χ2v) is 10.7. The summed E-state index contributed by atoms with van der Waals surface area (Å²) in [6.45, 7) is 7.10. The van der Waals surface area contributed by atoms with Crippen LogP contribution in [-0.2, 0) is 5.54 Å². The van der Waals surface area contributed by atoms with Gasteiger partial charge in [-0.15, -0.1) is 0 Å². The highest BCUT2D eigenvalue weighted by Crippen LogP contribution is 2.54. The number of benzene rings is 1. The number of carbonyl (C=O) groups is 2. The lowest BCUT2D eigenvalue weighted by Gasteiger charge is -2.44. The second-order valence-electron chi connectivity index (χ2n) is 8.71. The number of nitrogens with zero attached hydrogens (tertiary/aromatic N) is 3. The molecule has 30 heavy (non-hydrogen) atoms. The highest BCUT2D eigenvalue weighted by Gasteiger charge is 2.58. The molecule has 0 aliphatic carbocycles. The van der Waals surface area contributed by atoms with Gasteiger partial charge in [-0.1, -0.05) is 50.7 Å². The van der Waals surface area contributed by atoms with Crippen LogP contribution >= 0.6 is 23.3 Å². The average molecular weight is 445 g/mol. The number of aliphatic imine (C=N–C) groups is 1. The van der Waals surface area contributed by atoms with Gasteiger partial charge in [-0.3, -0.25) is 4.79 Å². The summed E-state index contributed by atoms with van der Waals surface area (Å²) in [5.41, 5.74) is -0.318. The van der Waals surface area contributed by atoms with Gasteiger partial charge < -0.3 is 15.3 Å². The summed E-state index contributed by atoms with van der Waals surface area (Å²) < 4.78 is 4.26. The average Bonchev–Trinajstić information content (AvgIpc) is 3.36. The molecule has 2 N–H and O–H groups in total. The number of amidine groups is 1. The van der Waals surface area contributed by atoms with E-state index in [4.69, 9.17) is 4.99 Å². The summed E-state index contributed by atoms with van der Waals surface area (Å²) in [5.74, 6) is -0.239. The molecular formula is C21H24N4O3S2. The molecule has 3 atom stereocenters. The topological polar surface area (TPSA) is 94.9 Å². The molecular weight excluding hydrogens is 420 g/mol. The van der Waals surface area contributed by atoms with Crippen LogP contribution in [0.5, 0.6) is 0 Å². The maximum absolute atomic E-state index is 12.8. The third-order valence-corrected chi connectivity index (χ3v) is 8.23. The Balaban J connectivity index is 1.78. The standard InChI is InChI=1S/C21H24N4O3S2/c1-20(2,3)16-14-11-25(19(27)28)12-21(14,15-9-10-22-30-15)24-18(29-16)23-17(26)13-7-5-4-6-8-13/h4-10,14,16H,11-12H2,1-3H3,(H,27,28)(H,23,24,26). The Bertz CT molecular complexity index is 972. The Morgan fingerprint density at radius 1 is 1.23 bits per heavy atom. The number of amides is 2. The van der Waals surface area contributed by atoms with Crippen LogP contribution in [0.3, 0.4) is 0 Å². The smallest absolute Gasteiger partial charge is 0.407 e. The summed E-state index contributed by atoms with van der Waals surface area (Å²) >= 11 is 2.87. The molecule has 0 bridgehead atoms. The second kappa shape index (κ2) is 7.70. The summed E-state index contributed by atoms with van der Waals surface area (Å²) in [6.07, 6.45) is 0.775. The van der Waals surface area contributed by atoms with E-state index in [0.717, 1.165) is 4.88 Å². The van der Waals surface area contributed by atoms with E-state index >= 15 is 0 Å². The first-order valence-electron chi connectivity index (χ1n) is 9.73. The Hall–Kier alpha value is -2.39. The van der Waals surface area contributed by atoms with Crippen LogP contribution in [0.1, 0.15) is 36.0 Å². The van der Waals surface area contributed by atoms with Gasteiger partial charge in [0.25, 0.3) is 5.91 Å². The van der Waals surface area contributed by atoms with Crippen LogP contribution in [0.25, 0.3) is 0 Å². The van der Waals surface area contributed by atoms with Crippen molar-refractivity contribution in [3.63, 3.8) is 0 Å². The predicted molar refractivity (Wildman–Crippen MR) is 119 cm³/mol. The molecule has 2 aromatic rings. The third kappa shape index (κ3) is 3.72. The van der Waals surface area contributed by atoms with Crippen molar-refractivity contribution in [1.29, 1.82) is 0 Å². The van der Waals surface area contributed by atoms with Crippen LogP contribution in [0.4, 0.5) is 4.79 Å². The molecule has 2 aliphatic rings. The minimum atomic E-state index is -0.948. The molecule has 3 unspecified atom stereocenters. The van der Waals surface area contributed by atoms with E-state index in [1.54, 1.807) is 18.3 Å². The lowest BCUT2D eigenvalue weighted by atomic mass is 9.75. The lowest BCUT2D eigenvalue weighted by Crippen LogP contribution is -2.49. The lowest BCUT2D eigenvalue weighted by molar-refractivity contribution is 0.0977. The van der Waals surface area contributed by atoms with Crippen molar-refractivity contribution >= 4 is 40.5 Å². The van der Waals surface area contributed by atoms with Gasteiger partial charge in [-0.25, -0.2) is 14.2 Å². The quantitative estimate of drug-likeness (QED) is 0.733. The number of carboxylic acid groups (broad SMARTS) is 1. The fourth-order valence-electron chi connectivity index (χ4n) is 4.23. The highest BCUT2D eigenvalue weighted by atomic mass is 32.2. The first-order valence-corrected chi connectivity index (χ1v) is 11.4. The molecule has 4 rings (SSSR count). The maximum Gasteiger partial charge on any atom is 0.407 e. The van der Waals surface area contributed by atoms with Gasteiger partial charge in [0, 0.05) is 29.5 Å². The van der Waals surface area contributed by atoms with Crippen molar-refractivity contribution < 1.29 is 14.7 Å². The molecule has 0 spiro atoms. The van der Waals surface area contributed by atoms with Crippen molar-refractivity contribution in [2.75, 3.05) is 13.1 Å². The predicted octanol–water partition coefficient (Wildman–Crippen LogP) is 3.90. The monoisotopic (exact) mass is 444 g/mol. The van der Waals surface area contributed by atoms with E-state index in [9.17, 15) is 14.7 Å². The number of hydrogen-bond acceptors (Lipinski definition) is 6. The van der Waals surface area contributed by atoms with E-state index in [-0.39, 0.29) is 29.0 Å². The number of fused-ring (bicyclic) bond motifs is 1. The fourth-order valence-corrected chi connectivity index (χ4v) is 6.45. The Kier molecular flexibility index (Phi) is 5.36. The minimum absolute atomic E-state index is 0.0172. The molecule has 1 fully saturated rings. The SMILES string of the molecule is CC(C)(C)C1SC(NC(=O)c2ccccc2)=NC2(c3ccns3)CN(C(=O)O)CC12. The zero-order valence-electron chi connectivity index (χ0n) is 17.0. The number of carbonyl (C=O) groups excluding carboxylic acids is 1. The molecule has 1 aromatic carbocycles. The highest BCUT2D eigenvalue weighted by molar-refractivity contribution is 8.14. The largest absolute Gasteiger partial charge is 0.465 e. The minimum Gasteiger partial charge on any atom is -0.465 e. The molecule has 158 valence electrons. The van der Waals surface area contributed by atoms with E-state index in [2.05, 4.69) is 30.5 Å². The van der Waals surface area contributed by atoms with Crippen LogP contribution in [0.2, 0.25) is 0 Å². The van der Waals surface area contributed by atoms with Crippen molar-refractivity contribution in [2.24, 2.45) is 16.3 Å². The normalized spacial score (nSPS) is 26.1. The zero-order chi connectivity index (χ0) is 21.5. The van der Waals surface area contributed by atoms with Crippen LogP contribution in [0, 0.1) is 11.3 Å². The zero-order valence-corrected chi connectivity index (χ0v) is 18.7. The van der Waals surface area contributed by atoms with Crippen molar-refractivity contribution in [3.8, 4) is 0 Å². The number of likely N-dealkylation sites (tertiary alicyclic amines) is 1. The van der Waals surface area contributed by atoms with Gasteiger partial charge in [-0.2, -0.15) is 0 Å². The number of thioether (sulfide) groups is 1. The molecule has 7 nitrogen and oxygen atoms in total. The molecule has 3 heterocycles. The van der Waals surface area contributed by atoms with Gasteiger partial charge in [0.15, 0.2) is 5.17 Å². The Morgan fingerprint density at radius 3 is 2.57 bits per heavy atom. The third-order valence-electron chi connectivity index (χ3n) is 5.61. The van der Waals surface area contributed by atoms with Gasteiger partial charge in [0.1, 0.15) is 5.54 Å². The first kappa shape index (κ1) is 20.9. The fraction of sp³-hybridized carbons (Fsp3) is 0.429. The molecule has 1 saturated heterocycles. The number of rotatable bonds is 2. The maximum atomic E-state index is 12.8. The number of hydrogen-bond donors (Lipinski definition) is 2. The van der Waals surface area contributed by atoms with Gasteiger partial charge in [0.2, 0.25) is 0 Å². The van der Waals surface area contributed by atoms with E-state index in [1.807, 2.05) is 24.3 Å². The Morgan fingerprint density at radius 2 is 1.97 bits per heavy atom. The Labute approximate surface area is 183 Å². The van der Waals surface area contributed by atoms with Gasteiger partial charge in [0.05, 0.1) is 11.4 Å². The van der Waals surface area contributed by atoms with Crippen LogP contribution < -0.4 is 5.32 Å². The van der Waals surface area contributed by atoms with Crippen molar-refractivity contribution in [2.45, 2.75) is 31.6 Å². The van der Waals surface area contributed by atoms with Crippen LogP contribution in [-0.4, -0.2) is 49.9 Å².